The molecule has 39 heavy (non-hydrogen) atoms. The van der Waals surface area contributed by atoms with Crippen LogP contribution in [0.15, 0.2) is 97.3 Å². The number of anilines is 4. The summed E-state index contributed by atoms with van der Waals surface area (Å²) in [5, 5.41) is 0. The first-order valence-corrected chi connectivity index (χ1v) is 12.7. The number of para-hydroxylation sites is 1. The molecule has 0 aromatic heterocycles. The zero-order valence-electron chi connectivity index (χ0n) is 22.4. The average molecular weight is 605 g/mol. The molecular weight excluding hydrogens is 575 g/mol. The summed E-state index contributed by atoms with van der Waals surface area (Å²) in [6, 6.07) is 35.7. The van der Waals surface area contributed by atoms with Gasteiger partial charge in [0.2, 0.25) is 0 Å². The number of fused-ring (bicyclic) bond motifs is 1. The molecule has 0 spiro atoms. The number of hydrogen-bond acceptors (Lipinski definition) is 5. The maximum Gasteiger partial charge on any atom is 0.0165 e. The van der Waals surface area contributed by atoms with Crippen molar-refractivity contribution in [3.05, 3.63) is 134 Å². The number of hydrogen-bond donors (Lipinski definition) is 0. The Morgan fingerprint density at radius 2 is 1.36 bits per heavy atom. The number of ether oxygens (including phenoxy) is 1. The van der Waals surface area contributed by atoms with Crippen molar-refractivity contribution in [2.75, 3.05) is 21.7 Å². The molecule has 0 bridgehead atoms. The zero-order chi connectivity index (χ0) is 26.3. The van der Waals surface area contributed by atoms with Gasteiger partial charge in [0.05, 0.1) is 0 Å². The molecule has 6 heteroatoms. The second-order valence-corrected chi connectivity index (χ2v) is 10.1. The predicted molar refractivity (Wildman–Crippen MR) is 154 cm³/mol. The van der Waals surface area contributed by atoms with Crippen LogP contribution in [0.25, 0.3) is 0 Å². The Morgan fingerprint density at radius 3 is 2.10 bits per heavy atom. The predicted octanol–water partition coefficient (Wildman–Crippen LogP) is 7.74. The van der Waals surface area contributed by atoms with E-state index in [9.17, 15) is 0 Å². The van der Waals surface area contributed by atoms with Gasteiger partial charge in [0.15, 0.2) is 0 Å². The summed E-state index contributed by atoms with van der Waals surface area (Å²) >= 11 is 0. The van der Waals surface area contributed by atoms with Gasteiger partial charge in [-0.15, -0.1) is 54.4 Å². The molecule has 0 atom stereocenters. The smallest absolute Gasteiger partial charge is 0.0165 e. The Kier molecular flexibility index (Phi) is 7.55. The fourth-order valence-corrected chi connectivity index (χ4v) is 4.73. The molecule has 0 unspecified atom stereocenters. The van der Waals surface area contributed by atoms with E-state index in [1.165, 1.54) is 11.1 Å². The monoisotopic (exact) mass is 604 g/mol. The van der Waals surface area contributed by atoms with E-state index in [4.69, 9.17) is 4.74 Å². The van der Waals surface area contributed by atoms with Gasteiger partial charge in [-0.25, -0.2) is 0 Å². The third-order valence-corrected chi connectivity index (χ3v) is 7.23. The molecular formula is C33H30N4OPd-4. The number of rotatable bonds is 5. The topological polar surface area (TPSA) is 22.2 Å². The summed E-state index contributed by atoms with van der Waals surface area (Å²) < 4.78 is 6.25. The van der Waals surface area contributed by atoms with E-state index >= 15 is 0 Å². The van der Waals surface area contributed by atoms with E-state index in [-0.39, 0.29) is 26.0 Å². The van der Waals surface area contributed by atoms with Crippen LogP contribution in [0.3, 0.4) is 0 Å². The minimum atomic E-state index is -0.104. The van der Waals surface area contributed by atoms with E-state index < -0.39 is 0 Å². The van der Waals surface area contributed by atoms with Crippen LogP contribution in [-0.2, 0) is 26.0 Å². The van der Waals surface area contributed by atoms with Crippen LogP contribution < -0.4 is 19.4 Å². The first kappa shape index (κ1) is 27.0. The summed E-state index contributed by atoms with van der Waals surface area (Å²) in [6.07, 6.45) is 4.05. The van der Waals surface area contributed by atoms with Gasteiger partial charge in [-0.05, 0) is 64.0 Å². The minimum Gasteiger partial charge on any atom is -0.509 e. The molecule has 2 aliphatic heterocycles. The van der Waals surface area contributed by atoms with E-state index in [0.717, 1.165) is 22.7 Å². The van der Waals surface area contributed by atoms with Gasteiger partial charge in [0.25, 0.3) is 0 Å². The molecule has 0 saturated heterocycles. The van der Waals surface area contributed by atoms with Crippen LogP contribution in [0, 0.1) is 32.4 Å². The first-order valence-electron chi connectivity index (χ1n) is 12.7. The number of benzene rings is 4. The Balaban J connectivity index is 0.00000308. The Morgan fingerprint density at radius 1 is 0.718 bits per heavy atom. The SMILES string of the molecule is Cc1ccc(N2C=CN(c3[c-]c(Oc4[c-]c(N5[CH-]N(C)C(C)(C)c6ccccc65)ccc4)ccc3)[CH-]2)cc1.[Pd]. The maximum absolute atomic E-state index is 6.25. The van der Waals surface area contributed by atoms with Crippen LogP contribution >= 0.6 is 0 Å². The Bertz CT molecular complexity index is 1480. The van der Waals surface area contributed by atoms with Crippen LogP contribution in [0.4, 0.5) is 22.7 Å². The summed E-state index contributed by atoms with van der Waals surface area (Å²) in [5.74, 6) is 1.27. The molecule has 0 fully saturated rings. The molecule has 2 heterocycles. The minimum absolute atomic E-state index is 0. The normalized spacial score (nSPS) is 16.2. The molecule has 0 amide bonds. The van der Waals surface area contributed by atoms with E-state index in [2.05, 4.69) is 116 Å². The van der Waals surface area contributed by atoms with Gasteiger partial charge in [-0.1, -0.05) is 35.9 Å². The summed E-state index contributed by atoms with van der Waals surface area (Å²) in [7, 11) is 2.10. The van der Waals surface area contributed by atoms with Crippen LogP contribution in [0.5, 0.6) is 11.5 Å². The van der Waals surface area contributed by atoms with Gasteiger partial charge >= 0.3 is 0 Å². The number of aryl methyl sites for hydroxylation is 1. The van der Waals surface area contributed by atoms with Crippen molar-refractivity contribution in [1.29, 1.82) is 0 Å². The van der Waals surface area contributed by atoms with Gasteiger partial charge in [0.1, 0.15) is 0 Å². The zero-order valence-corrected chi connectivity index (χ0v) is 24.0. The standard InChI is InChI=1S/C33H30N4O.Pd/c1-25-15-17-26(18-16-25)35-19-20-36(24-35)27-9-7-11-29(21-27)38-30-12-8-10-28(22-30)37-23-34(4)33(2,3)31-13-5-6-14-32(31)37;/h5-20,23-24H,1-4H3;/q-4;. The molecule has 0 radical (unpaired) electrons. The van der Waals surface area contributed by atoms with Gasteiger partial charge in [0, 0.05) is 48.8 Å². The van der Waals surface area contributed by atoms with Crippen molar-refractivity contribution < 1.29 is 25.2 Å². The second kappa shape index (κ2) is 10.9. The molecule has 202 valence electrons. The van der Waals surface area contributed by atoms with Gasteiger partial charge in [-0.3, -0.25) is 0 Å². The van der Waals surface area contributed by atoms with Crippen molar-refractivity contribution in [3.63, 3.8) is 0 Å². The molecule has 2 aliphatic rings. The Labute approximate surface area is 245 Å². The molecule has 0 aliphatic carbocycles. The molecule has 4 aromatic rings. The average Bonchev–Trinajstić information content (AvgIpc) is 3.42. The molecule has 0 N–H and O–H groups in total. The van der Waals surface area contributed by atoms with Crippen molar-refractivity contribution >= 4 is 22.7 Å². The van der Waals surface area contributed by atoms with Crippen molar-refractivity contribution in [3.8, 4) is 11.5 Å². The van der Waals surface area contributed by atoms with Crippen molar-refractivity contribution in [2.24, 2.45) is 0 Å². The fraction of sp³-hybridized carbons (Fsp3) is 0.152. The summed E-state index contributed by atoms with van der Waals surface area (Å²) in [5.41, 5.74) is 6.47. The van der Waals surface area contributed by atoms with Crippen molar-refractivity contribution in [1.82, 2.24) is 4.90 Å². The third kappa shape index (κ3) is 5.33. The Hall–Kier alpha value is -3.56. The van der Waals surface area contributed by atoms with Crippen molar-refractivity contribution in [2.45, 2.75) is 26.3 Å². The van der Waals surface area contributed by atoms with E-state index in [0.29, 0.717) is 11.5 Å². The maximum atomic E-state index is 6.25. The molecule has 6 rings (SSSR count). The van der Waals surface area contributed by atoms with Crippen LogP contribution in [0.2, 0.25) is 0 Å². The summed E-state index contributed by atoms with van der Waals surface area (Å²) in [4.78, 5) is 8.51. The quantitative estimate of drug-likeness (QED) is 0.171. The molecule has 0 saturated carbocycles. The van der Waals surface area contributed by atoms with E-state index in [1.54, 1.807) is 0 Å². The third-order valence-electron chi connectivity index (χ3n) is 7.23. The largest absolute Gasteiger partial charge is 0.509 e. The molecule has 5 nitrogen and oxygen atoms in total. The van der Waals surface area contributed by atoms with E-state index in [1.807, 2.05) is 54.3 Å². The van der Waals surface area contributed by atoms with Crippen LogP contribution in [-0.4, -0.2) is 11.9 Å². The van der Waals surface area contributed by atoms with Gasteiger partial charge < -0.3 is 24.3 Å². The number of nitrogens with zero attached hydrogens (tertiary/aromatic N) is 4. The van der Waals surface area contributed by atoms with Gasteiger partial charge in [-0.2, -0.15) is 18.8 Å². The summed E-state index contributed by atoms with van der Waals surface area (Å²) in [6.45, 7) is 10.7. The van der Waals surface area contributed by atoms with Crippen LogP contribution in [0.1, 0.15) is 25.0 Å². The second-order valence-electron chi connectivity index (χ2n) is 10.1. The molecule has 4 aromatic carbocycles. The fourth-order valence-electron chi connectivity index (χ4n) is 4.73. The first-order chi connectivity index (χ1) is 18.4.